The van der Waals surface area contributed by atoms with Crippen molar-refractivity contribution in [2.45, 2.75) is 0 Å². The Kier molecular flexibility index (Phi) is 5.60. The second-order valence-corrected chi connectivity index (χ2v) is 12.8. The Morgan fingerprint density at radius 2 is 1.10 bits per heavy atom. The highest BCUT2D eigenvalue weighted by Crippen LogP contribution is 2.45. The number of para-hydroxylation sites is 2. The average Bonchev–Trinajstić information content (AvgIpc) is 3.87. The third kappa shape index (κ3) is 3.92. The van der Waals surface area contributed by atoms with Crippen molar-refractivity contribution in [1.29, 1.82) is 0 Å². The van der Waals surface area contributed by atoms with Crippen LogP contribution in [-0.2, 0) is 0 Å². The maximum atomic E-state index is 6.63. The molecule has 0 saturated carbocycles. The fourth-order valence-corrected chi connectivity index (χ4v) is 7.69. The third-order valence-electron chi connectivity index (χ3n) is 9.94. The Hall–Kier alpha value is -6.85. The number of nitrogens with zero attached hydrogens (tertiary/aromatic N) is 4. The van der Waals surface area contributed by atoms with Crippen molar-refractivity contribution in [2.75, 3.05) is 0 Å². The Bertz CT molecular complexity index is 3090. The quantitative estimate of drug-likeness (QED) is 0.192. The average molecular weight is 639 g/mol. The van der Waals surface area contributed by atoms with Gasteiger partial charge in [0.2, 0.25) is 5.89 Å². The van der Waals surface area contributed by atoms with Crippen molar-refractivity contribution in [3.8, 4) is 45.2 Å². The van der Waals surface area contributed by atoms with E-state index in [1.165, 1.54) is 16.3 Å². The molecule has 0 N–H and O–H groups in total. The van der Waals surface area contributed by atoms with Crippen molar-refractivity contribution in [1.82, 2.24) is 19.4 Å². The molecular formula is C45H26N4O. The second-order valence-electron chi connectivity index (χ2n) is 12.8. The molecule has 0 amide bonds. The molecule has 232 valence electrons. The lowest BCUT2D eigenvalue weighted by Crippen LogP contribution is -1.95. The minimum atomic E-state index is 0.628. The summed E-state index contributed by atoms with van der Waals surface area (Å²) >= 11 is 0. The molecule has 0 aliphatic heterocycles. The van der Waals surface area contributed by atoms with Gasteiger partial charge in [-0.2, -0.15) is 0 Å². The molecule has 0 fully saturated rings. The predicted molar refractivity (Wildman–Crippen MR) is 204 cm³/mol. The van der Waals surface area contributed by atoms with Gasteiger partial charge in [0.25, 0.3) is 0 Å². The summed E-state index contributed by atoms with van der Waals surface area (Å²) in [5.74, 6) is 1.33. The van der Waals surface area contributed by atoms with E-state index in [2.05, 4.69) is 114 Å². The molecule has 11 rings (SSSR count). The van der Waals surface area contributed by atoms with E-state index in [9.17, 15) is 0 Å². The third-order valence-corrected chi connectivity index (χ3v) is 9.94. The number of oxazole rings is 1. The van der Waals surface area contributed by atoms with Crippen LogP contribution >= 0.6 is 0 Å². The molecule has 0 spiro atoms. The van der Waals surface area contributed by atoms with Crippen molar-refractivity contribution in [2.24, 2.45) is 0 Å². The van der Waals surface area contributed by atoms with E-state index in [1.54, 1.807) is 0 Å². The van der Waals surface area contributed by atoms with Gasteiger partial charge in [0, 0.05) is 38.2 Å². The molecule has 50 heavy (non-hydrogen) atoms. The van der Waals surface area contributed by atoms with Crippen LogP contribution < -0.4 is 0 Å². The van der Waals surface area contributed by atoms with Crippen LogP contribution in [0.5, 0.6) is 0 Å². The van der Waals surface area contributed by atoms with Gasteiger partial charge in [0.05, 0.1) is 33.1 Å². The molecule has 0 radical (unpaired) electrons. The SMILES string of the molecule is c1ccc(-c2nc3cc4c5ccccc5n5c6ccc(-c7cccc(-c8nc(-c9ccccc9)c9ccccc9n8)c7)cc6c(c3o2)c45)cc1. The van der Waals surface area contributed by atoms with Crippen LogP contribution in [0.3, 0.4) is 0 Å². The zero-order chi connectivity index (χ0) is 32.8. The summed E-state index contributed by atoms with van der Waals surface area (Å²) in [6.45, 7) is 0. The summed E-state index contributed by atoms with van der Waals surface area (Å²) in [6, 6.07) is 54.8. The molecular weight excluding hydrogens is 613 g/mol. The normalized spacial score (nSPS) is 12.0. The minimum absolute atomic E-state index is 0.628. The number of benzene rings is 7. The Balaban J connectivity index is 1.13. The van der Waals surface area contributed by atoms with E-state index in [1.807, 2.05) is 48.5 Å². The highest BCUT2D eigenvalue weighted by molar-refractivity contribution is 6.30. The zero-order valence-electron chi connectivity index (χ0n) is 26.7. The van der Waals surface area contributed by atoms with Gasteiger partial charge in [-0.05, 0) is 59.7 Å². The highest BCUT2D eigenvalue weighted by atomic mass is 16.3. The lowest BCUT2D eigenvalue weighted by molar-refractivity contribution is 0.623. The van der Waals surface area contributed by atoms with E-state index in [0.717, 1.165) is 77.3 Å². The van der Waals surface area contributed by atoms with Gasteiger partial charge in [-0.1, -0.05) is 109 Å². The maximum absolute atomic E-state index is 6.63. The number of aromatic nitrogens is 4. The Labute approximate surface area is 286 Å². The molecule has 0 bridgehead atoms. The van der Waals surface area contributed by atoms with E-state index >= 15 is 0 Å². The van der Waals surface area contributed by atoms with Crippen LogP contribution in [0.15, 0.2) is 162 Å². The lowest BCUT2D eigenvalue weighted by Gasteiger charge is -2.10. The van der Waals surface area contributed by atoms with Crippen LogP contribution in [0.2, 0.25) is 0 Å². The number of hydrogen-bond acceptors (Lipinski definition) is 4. The lowest BCUT2D eigenvalue weighted by atomic mass is 9.99. The Morgan fingerprint density at radius 1 is 0.420 bits per heavy atom. The summed E-state index contributed by atoms with van der Waals surface area (Å²) in [4.78, 5) is 15.2. The molecule has 4 aromatic heterocycles. The van der Waals surface area contributed by atoms with Gasteiger partial charge < -0.3 is 8.82 Å². The molecule has 5 heteroatoms. The largest absolute Gasteiger partial charge is 0.435 e. The fourth-order valence-electron chi connectivity index (χ4n) is 7.69. The van der Waals surface area contributed by atoms with E-state index in [-0.39, 0.29) is 0 Å². The number of hydrogen-bond donors (Lipinski definition) is 0. The van der Waals surface area contributed by atoms with Crippen LogP contribution in [0.4, 0.5) is 0 Å². The van der Waals surface area contributed by atoms with Gasteiger partial charge >= 0.3 is 0 Å². The zero-order valence-corrected chi connectivity index (χ0v) is 26.7. The molecule has 4 heterocycles. The summed E-state index contributed by atoms with van der Waals surface area (Å²) in [5, 5.41) is 5.65. The molecule has 7 aromatic carbocycles. The highest BCUT2D eigenvalue weighted by Gasteiger charge is 2.23. The first-order valence-corrected chi connectivity index (χ1v) is 16.8. The monoisotopic (exact) mass is 638 g/mol. The van der Waals surface area contributed by atoms with Crippen molar-refractivity contribution < 1.29 is 4.42 Å². The summed E-state index contributed by atoms with van der Waals surface area (Å²) in [7, 11) is 0. The first-order chi connectivity index (χ1) is 24.8. The van der Waals surface area contributed by atoms with Crippen molar-refractivity contribution in [3.05, 3.63) is 158 Å². The van der Waals surface area contributed by atoms with E-state index < -0.39 is 0 Å². The number of fused-ring (bicyclic) bond motifs is 9. The van der Waals surface area contributed by atoms with Crippen LogP contribution in [-0.4, -0.2) is 19.4 Å². The molecule has 0 saturated heterocycles. The Morgan fingerprint density at radius 3 is 1.96 bits per heavy atom. The van der Waals surface area contributed by atoms with E-state index in [0.29, 0.717) is 11.7 Å². The van der Waals surface area contributed by atoms with E-state index in [4.69, 9.17) is 19.4 Å². The fraction of sp³-hybridized carbons (Fsp3) is 0. The van der Waals surface area contributed by atoms with Crippen molar-refractivity contribution in [3.63, 3.8) is 0 Å². The second kappa shape index (κ2) is 10.3. The number of rotatable bonds is 4. The van der Waals surface area contributed by atoms with Gasteiger partial charge in [-0.3, -0.25) is 0 Å². The van der Waals surface area contributed by atoms with Crippen LogP contribution in [0, 0.1) is 0 Å². The van der Waals surface area contributed by atoms with Crippen molar-refractivity contribution >= 4 is 60.1 Å². The topological polar surface area (TPSA) is 56.2 Å². The van der Waals surface area contributed by atoms with Gasteiger partial charge in [-0.15, -0.1) is 0 Å². The predicted octanol–water partition coefficient (Wildman–Crippen LogP) is 11.6. The van der Waals surface area contributed by atoms with Gasteiger partial charge in [0.1, 0.15) is 5.52 Å². The first-order valence-electron chi connectivity index (χ1n) is 16.8. The molecule has 0 aliphatic rings. The molecule has 0 aliphatic carbocycles. The minimum Gasteiger partial charge on any atom is -0.435 e. The maximum Gasteiger partial charge on any atom is 0.227 e. The van der Waals surface area contributed by atoms with Crippen LogP contribution in [0.1, 0.15) is 0 Å². The molecule has 0 atom stereocenters. The van der Waals surface area contributed by atoms with Gasteiger partial charge in [-0.25, -0.2) is 15.0 Å². The summed E-state index contributed by atoms with van der Waals surface area (Å²) < 4.78 is 9.02. The van der Waals surface area contributed by atoms with Gasteiger partial charge in [0.15, 0.2) is 11.4 Å². The summed E-state index contributed by atoms with van der Waals surface area (Å²) in [6.07, 6.45) is 0. The summed E-state index contributed by atoms with van der Waals surface area (Å²) in [5.41, 5.74) is 12.2. The first kappa shape index (κ1) is 27.1. The standard InChI is InChI=1S/C45H26N4O/c1-3-12-27(13-4-1)41-33-19-7-9-20-36(33)46-44(48-41)31-17-11-16-29(24-31)30-22-23-39-35(25-30)40-42-34(32-18-8-10-21-38(32)49(39)42)26-37-43(40)50-45(47-37)28-14-5-2-6-15-28/h1-26H. The smallest absolute Gasteiger partial charge is 0.227 e. The van der Waals surface area contributed by atoms with Crippen LogP contribution in [0.25, 0.3) is 105 Å². The molecule has 0 unspecified atom stereocenters. The molecule has 5 nitrogen and oxygen atoms in total. The molecule has 11 aromatic rings.